The summed E-state index contributed by atoms with van der Waals surface area (Å²) in [6, 6.07) is 11.6. The normalized spacial score (nSPS) is 17.2. The molecule has 4 nitrogen and oxygen atoms in total. The minimum Gasteiger partial charge on any atom is -0.503 e. The summed E-state index contributed by atoms with van der Waals surface area (Å²) in [6.07, 6.45) is 0. The van der Waals surface area contributed by atoms with Crippen molar-refractivity contribution in [2.45, 2.75) is 26.8 Å². The fourth-order valence-electron chi connectivity index (χ4n) is 3.22. The maximum absolute atomic E-state index is 12.9. The van der Waals surface area contributed by atoms with Crippen LogP contribution in [0.25, 0.3) is 0 Å². The lowest BCUT2D eigenvalue weighted by molar-refractivity contribution is -0.119. The fraction of sp³-hybridized carbons (Fsp3) is 0.238. The second-order valence-corrected chi connectivity index (χ2v) is 7.69. The summed E-state index contributed by atoms with van der Waals surface area (Å²) < 4.78 is 0. The van der Waals surface area contributed by atoms with E-state index in [0.29, 0.717) is 10.7 Å². The minimum atomic E-state index is -0.732. The van der Waals surface area contributed by atoms with Gasteiger partial charge in [0.1, 0.15) is 0 Å². The van der Waals surface area contributed by atoms with Gasteiger partial charge in [0.15, 0.2) is 11.5 Å². The molecule has 2 aromatic carbocycles. The molecule has 0 fully saturated rings. The van der Waals surface area contributed by atoms with Crippen LogP contribution >= 0.6 is 23.2 Å². The number of ketones is 1. The first kappa shape index (κ1) is 19.5. The molecular formula is C21H19Cl2NO3. The summed E-state index contributed by atoms with van der Waals surface area (Å²) in [7, 11) is 0. The molecule has 0 radical (unpaired) electrons. The van der Waals surface area contributed by atoms with Crippen LogP contribution in [-0.2, 0) is 9.59 Å². The zero-order valence-electron chi connectivity index (χ0n) is 15.2. The SMILES string of the molecule is Cc1cccc(C2C(C(=O)C(C)C)=C(O)C(=O)N2c2ccc(Cl)c(Cl)c2)c1. The molecule has 2 aromatic rings. The van der Waals surface area contributed by atoms with Gasteiger partial charge in [0.25, 0.3) is 5.91 Å². The minimum absolute atomic E-state index is 0.103. The Bertz CT molecular complexity index is 966. The van der Waals surface area contributed by atoms with Crippen LogP contribution in [0, 0.1) is 12.8 Å². The Hall–Kier alpha value is -2.30. The molecule has 1 atom stereocenters. The number of hydrogen-bond donors (Lipinski definition) is 1. The number of nitrogens with zero attached hydrogens (tertiary/aromatic N) is 1. The highest BCUT2D eigenvalue weighted by Crippen LogP contribution is 2.43. The van der Waals surface area contributed by atoms with E-state index in [1.165, 1.54) is 4.90 Å². The van der Waals surface area contributed by atoms with Crippen LogP contribution in [0.15, 0.2) is 53.8 Å². The first-order chi connectivity index (χ1) is 12.7. The van der Waals surface area contributed by atoms with E-state index in [4.69, 9.17) is 23.2 Å². The highest BCUT2D eigenvalue weighted by Gasteiger charge is 2.44. The molecule has 0 aliphatic carbocycles. The lowest BCUT2D eigenvalue weighted by atomic mass is 9.90. The quantitative estimate of drug-likeness (QED) is 0.740. The van der Waals surface area contributed by atoms with Crippen LogP contribution in [0.2, 0.25) is 10.0 Å². The molecule has 6 heteroatoms. The maximum Gasteiger partial charge on any atom is 0.294 e. The van der Waals surface area contributed by atoms with Gasteiger partial charge >= 0.3 is 0 Å². The largest absolute Gasteiger partial charge is 0.503 e. The number of halogens is 2. The van der Waals surface area contributed by atoms with Crippen molar-refractivity contribution in [1.82, 2.24) is 0 Å². The number of benzene rings is 2. The third kappa shape index (κ3) is 3.47. The zero-order valence-corrected chi connectivity index (χ0v) is 16.7. The van der Waals surface area contributed by atoms with E-state index in [2.05, 4.69) is 0 Å². The number of aliphatic hydroxyl groups excluding tert-OH is 1. The van der Waals surface area contributed by atoms with Crippen LogP contribution < -0.4 is 4.90 Å². The molecule has 0 spiro atoms. The summed E-state index contributed by atoms with van der Waals surface area (Å²) in [6.45, 7) is 5.40. The van der Waals surface area contributed by atoms with Crippen molar-refractivity contribution in [3.05, 3.63) is 75.0 Å². The van der Waals surface area contributed by atoms with E-state index >= 15 is 0 Å². The molecule has 0 saturated heterocycles. The summed E-state index contributed by atoms with van der Waals surface area (Å²) in [5.74, 6) is -1.79. The van der Waals surface area contributed by atoms with Gasteiger partial charge in [0, 0.05) is 11.6 Å². The average Bonchev–Trinajstić information content (AvgIpc) is 2.88. The zero-order chi connectivity index (χ0) is 19.9. The van der Waals surface area contributed by atoms with Crippen LogP contribution in [-0.4, -0.2) is 16.8 Å². The van der Waals surface area contributed by atoms with Gasteiger partial charge in [-0.15, -0.1) is 0 Å². The van der Waals surface area contributed by atoms with Gasteiger partial charge in [-0.2, -0.15) is 0 Å². The standard InChI is InChI=1S/C21H19Cl2NO3/c1-11(2)19(25)17-18(13-6-4-5-12(3)9-13)24(21(27)20(17)26)14-7-8-15(22)16(23)10-14/h4-11,18,26H,1-3H3. The van der Waals surface area contributed by atoms with E-state index in [9.17, 15) is 14.7 Å². The highest BCUT2D eigenvalue weighted by atomic mass is 35.5. The van der Waals surface area contributed by atoms with Crippen molar-refractivity contribution in [3.8, 4) is 0 Å². The number of aryl methyl sites for hydroxylation is 1. The maximum atomic E-state index is 12.9. The van der Waals surface area contributed by atoms with Gasteiger partial charge in [-0.3, -0.25) is 14.5 Å². The third-order valence-corrected chi connectivity index (χ3v) is 5.28. The lowest BCUT2D eigenvalue weighted by Gasteiger charge is -2.28. The Labute approximate surface area is 168 Å². The second kappa shape index (κ2) is 7.37. The molecule has 1 heterocycles. The molecule has 27 heavy (non-hydrogen) atoms. The fourth-order valence-corrected chi connectivity index (χ4v) is 3.52. The summed E-state index contributed by atoms with van der Waals surface area (Å²) in [5, 5.41) is 11.2. The third-order valence-electron chi connectivity index (χ3n) is 4.54. The number of Topliss-reactive ketones (excluding diaryl/α,β-unsaturated/α-hetero) is 1. The van der Waals surface area contributed by atoms with Gasteiger partial charge in [0.05, 0.1) is 21.7 Å². The summed E-state index contributed by atoms with van der Waals surface area (Å²) in [4.78, 5) is 27.1. The first-order valence-corrected chi connectivity index (χ1v) is 9.30. The number of aliphatic hydroxyl groups is 1. The van der Waals surface area contributed by atoms with Crippen molar-refractivity contribution in [1.29, 1.82) is 0 Å². The predicted octanol–water partition coefficient (Wildman–Crippen LogP) is 5.43. The van der Waals surface area contributed by atoms with Gasteiger partial charge in [-0.1, -0.05) is 66.9 Å². The monoisotopic (exact) mass is 403 g/mol. The van der Waals surface area contributed by atoms with Crippen LogP contribution in [0.1, 0.15) is 31.0 Å². The van der Waals surface area contributed by atoms with E-state index in [1.54, 1.807) is 32.0 Å². The van der Waals surface area contributed by atoms with Gasteiger partial charge in [-0.05, 0) is 30.7 Å². The van der Waals surface area contributed by atoms with Gasteiger partial charge in [0.2, 0.25) is 0 Å². The highest BCUT2D eigenvalue weighted by molar-refractivity contribution is 6.42. The van der Waals surface area contributed by atoms with Crippen LogP contribution in [0.4, 0.5) is 5.69 Å². The van der Waals surface area contributed by atoms with E-state index in [0.717, 1.165) is 11.1 Å². The molecule has 0 saturated carbocycles. The second-order valence-electron chi connectivity index (χ2n) is 6.87. The Morgan fingerprint density at radius 3 is 2.41 bits per heavy atom. The molecule has 1 N–H and O–H groups in total. The topological polar surface area (TPSA) is 57.6 Å². The molecule has 1 aliphatic heterocycles. The number of carbonyl (C=O) groups is 2. The van der Waals surface area contributed by atoms with Crippen LogP contribution in [0.3, 0.4) is 0 Å². The van der Waals surface area contributed by atoms with E-state index in [-0.39, 0.29) is 22.3 Å². The van der Waals surface area contributed by atoms with Crippen molar-refractivity contribution in [3.63, 3.8) is 0 Å². The van der Waals surface area contributed by atoms with Crippen LogP contribution in [0.5, 0.6) is 0 Å². The Balaban J connectivity index is 2.21. The number of anilines is 1. The van der Waals surface area contributed by atoms with Gasteiger partial charge < -0.3 is 5.11 Å². The Kier molecular flexibility index (Phi) is 5.31. The number of rotatable bonds is 4. The van der Waals surface area contributed by atoms with E-state index in [1.807, 2.05) is 31.2 Å². The van der Waals surface area contributed by atoms with Crippen molar-refractivity contribution in [2.24, 2.45) is 5.92 Å². The molecule has 1 amide bonds. The van der Waals surface area contributed by atoms with Crippen molar-refractivity contribution < 1.29 is 14.7 Å². The molecule has 140 valence electrons. The molecule has 1 aliphatic rings. The number of hydrogen-bond acceptors (Lipinski definition) is 3. The van der Waals surface area contributed by atoms with Gasteiger partial charge in [-0.25, -0.2) is 0 Å². The first-order valence-electron chi connectivity index (χ1n) is 8.55. The molecule has 0 bridgehead atoms. The predicted molar refractivity (Wildman–Crippen MR) is 107 cm³/mol. The summed E-state index contributed by atoms with van der Waals surface area (Å²) >= 11 is 12.1. The summed E-state index contributed by atoms with van der Waals surface area (Å²) in [5.41, 5.74) is 2.28. The van der Waals surface area contributed by atoms with E-state index < -0.39 is 17.7 Å². The molecule has 3 rings (SSSR count). The number of carbonyl (C=O) groups excluding carboxylic acids is 2. The van der Waals surface area contributed by atoms with Crippen molar-refractivity contribution in [2.75, 3.05) is 4.90 Å². The number of amides is 1. The molecular weight excluding hydrogens is 385 g/mol. The lowest BCUT2D eigenvalue weighted by Crippen LogP contribution is -2.31. The van der Waals surface area contributed by atoms with Crippen molar-refractivity contribution >= 4 is 40.6 Å². The smallest absolute Gasteiger partial charge is 0.294 e. The molecule has 0 aromatic heterocycles. The average molecular weight is 404 g/mol. The Morgan fingerprint density at radius 1 is 1.11 bits per heavy atom. The molecule has 1 unspecified atom stereocenters. The Morgan fingerprint density at radius 2 is 1.81 bits per heavy atom.